The molecule has 0 radical (unpaired) electrons. The fraction of sp³-hybridized carbons (Fsp3) is 0.500. The summed E-state index contributed by atoms with van der Waals surface area (Å²) in [6.45, 7) is 6.45. The van der Waals surface area contributed by atoms with Crippen LogP contribution in [0.4, 0.5) is 0 Å². The molecular formula is C18H25N3O. The Morgan fingerprint density at radius 3 is 2.91 bits per heavy atom. The van der Waals surface area contributed by atoms with E-state index in [1.54, 1.807) is 0 Å². The van der Waals surface area contributed by atoms with E-state index in [0.717, 1.165) is 43.8 Å². The minimum atomic E-state index is 0.264. The zero-order chi connectivity index (χ0) is 15.5. The molecule has 0 spiro atoms. The van der Waals surface area contributed by atoms with E-state index < -0.39 is 0 Å². The van der Waals surface area contributed by atoms with Crippen LogP contribution >= 0.6 is 0 Å². The summed E-state index contributed by atoms with van der Waals surface area (Å²) in [4.78, 5) is 9.49. The Kier molecular flexibility index (Phi) is 4.71. The molecule has 0 saturated carbocycles. The van der Waals surface area contributed by atoms with Crippen molar-refractivity contribution in [2.24, 2.45) is 0 Å². The van der Waals surface area contributed by atoms with Gasteiger partial charge in [0, 0.05) is 49.9 Å². The summed E-state index contributed by atoms with van der Waals surface area (Å²) in [5, 5.41) is 10.5. The van der Waals surface area contributed by atoms with Crippen LogP contribution < -0.4 is 0 Å². The third kappa shape index (κ3) is 3.29. The van der Waals surface area contributed by atoms with Crippen LogP contribution in [-0.2, 0) is 6.54 Å². The number of rotatable bonds is 4. The highest BCUT2D eigenvalue weighted by molar-refractivity contribution is 5.82. The van der Waals surface area contributed by atoms with Gasteiger partial charge in [0.2, 0.25) is 0 Å². The van der Waals surface area contributed by atoms with Crippen LogP contribution in [0.3, 0.4) is 0 Å². The molecule has 1 aromatic heterocycles. The van der Waals surface area contributed by atoms with E-state index in [-0.39, 0.29) is 6.61 Å². The second-order valence-electron chi connectivity index (χ2n) is 6.32. The molecule has 1 saturated heterocycles. The number of hydrogen-bond acceptors (Lipinski definition) is 4. The number of benzene rings is 1. The number of hydrogen-bond donors (Lipinski definition) is 1. The molecule has 22 heavy (non-hydrogen) atoms. The number of para-hydroxylation sites is 1. The SMILES string of the molecule is Cc1cc(CN2CCN(C)C(CCO)C2)c2ccccc2n1. The van der Waals surface area contributed by atoms with Crippen LogP contribution in [0.15, 0.2) is 30.3 Å². The van der Waals surface area contributed by atoms with Crippen molar-refractivity contribution in [2.75, 3.05) is 33.3 Å². The van der Waals surface area contributed by atoms with E-state index in [1.807, 2.05) is 6.07 Å². The van der Waals surface area contributed by atoms with E-state index in [4.69, 9.17) is 0 Å². The lowest BCUT2D eigenvalue weighted by Crippen LogP contribution is -2.51. The smallest absolute Gasteiger partial charge is 0.0708 e. The molecule has 1 atom stereocenters. The van der Waals surface area contributed by atoms with Crippen LogP contribution in [0, 0.1) is 6.92 Å². The van der Waals surface area contributed by atoms with E-state index in [2.05, 4.69) is 53.0 Å². The number of aliphatic hydroxyl groups excluding tert-OH is 1. The van der Waals surface area contributed by atoms with E-state index >= 15 is 0 Å². The van der Waals surface area contributed by atoms with Gasteiger partial charge in [-0.15, -0.1) is 0 Å². The van der Waals surface area contributed by atoms with Gasteiger partial charge >= 0.3 is 0 Å². The Hall–Kier alpha value is -1.49. The maximum Gasteiger partial charge on any atom is 0.0708 e. The van der Waals surface area contributed by atoms with Gasteiger partial charge in [-0.05, 0) is 38.1 Å². The molecule has 2 heterocycles. The lowest BCUT2D eigenvalue weighted by Gasteiger charge is -2.39. The van der Waals surface area contributed by atoms with Gasteiger partial charge in [0.1, 0.15) is 0 Å². The first kappa shape index (κ1) is 15.4. The molecule has 1 aliphatic heterocycles. The average Bonchev–Trinajstić information content (AvgIpc) is 2.51. The highest BCUT2D eigenvalue weighted by atomic mass is 16.3. The minimum absolute atomic E-state index is 0.264. The first-order valence-electron chi connectivity index (χ1n) is 8.06. The maximum atomic E-state index is 9.24. The van der Waals surface area contributed by atoms with Crippen molar-refractivity contribution in [3.63, 3.8) is 0 Å². The van der Waals surface area contributed by atoms with Crippen molar-refractivity contribution < 1.29 is 5.11 Å². The Balaban J connectivity index is 1.81. The minimum Gasteiger partial charge on any atom is -0.396 e. The van der Waals surface area contributed by atoms with Gasteiger partial charge in [0.15, 0.2) is 0 Å². The second-order valence-corrected chi connectivity index (χ2v) is 6.32. The number of fused-ring (bicyclic) bond motifs is 1. The zero-order valence-electron chi connectivity index (χ0n) is 13.5. The Morgan fingerprint density at radius 2 is 2.09 bits per heavy atom. The molecule has 3 rings (SSSR count). The Labute approximate surface area is 132 Å². The average molecular weight is 299 g/mol. The van der Waals surface area contributed by atoms with Gasteiger partial charge in [-0.1, -0.05) is 18.2 Å². The van der Waals surface area contributed by atoms with E-state index in [9.17, 15) is 5.11 Å². The standard InChI is InChI=1S/C18H25N3O/c1-14-11-15(17-5-3-4-6-18(17)19-14)12-21-9-8-20(2)16(13-21)7-10-22/h3-6,11,16,22H,7-10,12-13H2,1-2H3. The van der Waals surface area contributed by atoms with Crippen molar-refractivity contribution >= 4 is 10.9 Å². The summed E-state index contributed by atoms with van der Waals surface area (Å²) < 4.78 is 0. The number of aliphatic hydroxyl groups is 1. The predicted molar refractivity (Wildman–Crippen MR) is 89.9 cm³/mol. The number of likely N-dealkylation sites (N-methyl/N-ethyl adjacent to an activating group) is 1. The van der Waals surface area contributed by atoms with E-state index in [0.29, 0.717) is 6.04 Å². The van der Waals surface area contributed by atoms with Crippen LogP contribution in [-0.4, -0.2) is 59.2 Å². The summed E-state index contributed by atoms with van der Waals surface area (Å²) in [6.07, 6.45) is 0.850. The summed E-state index contributed by atoms with van der Waals surface area (Å²) in [7, 11) is 2.16. The Bertz CT molecular complexity index is 643. The third-order valence-corrected chi connectivity index (χ3v) is 4.65. The molecular weight excluding hydrogens is 274 g/mol. The maximum absolute atomic E-state index is 9.24. The molecule has 1 aromatic carbocycles. The van der Waals surface area contributed by atoms with Gasteiger partial charge < -0.3 is 10.0 Å². The number of nitrogens with zero attached hydrogens (tertiary/aromatic N) is 3. The van der Waals surface area contributed by atoms with Crippen LogP contribution in [0.5, 0.6) is 0 Å². The molecule has 1 N–H and O–H groups in total. The highest BCUT2D eigenvalue weighted by Crippen LogP contribution is 2.21. The quantitative estimate of drug-likeness (QED) is 0.938. The number of pyridine rings is 1. The van der Waals surface area contributed by atoms with Crippen molar-refractivity contribution in [3.05, 3.63) is 41.6 Å². The highest BCUT2D eigenvalue weighted by Gasteiger charge is 2.24. The number of aromatic nitrogens is 1. The van der Waals surface area contributed by atoms with Crippen molar-refractivity contribution in [1.82, 2.24) is 14.8 Å². The topological polar surface area (TPSA) is 39.6 Å². The summed E-state index contributed by atoms with van der Waals surface area (Å²) in [5.41, 5.74) is 3.52. The third-order valence-electron chi connectivity index (χ3n) is 4.65. The molecule has 1 unspecified atom stereocenters. The molecule has 1 aliphatic rings. The normalized spacial score (nSPS) is 20.6. The summed E-state index contributed by atoms with van der Waals surface area (Å²) >= 11 is 0. The lowest BCUT2D eigenvalue weighted by atomic mass is 10.1. The number of piperazine rings is 1. The van der Waals surface area contributed by atoms with Crippen LogP contribution in [0.2, 0.25) is 0 Å². The molecule has 118 valence electrons. The van der Waals surface area contributed by atoms with Gasteiger partial charge in [0.05, 0.1) is 5.52 Å². The molecule has 0 bridgehead atoms. The first-order chi connectivity index (χ1) is 10.7. The fourth-order valence-electron chi connectivity index (χ4n) is 3.38. The second kappa shape index (κ2) is 6.73. The lowest BCUT2D eigenvalue weighted by molar-refractivity contribution is 0.0745. The fourth-order valence-corrected chi connectivity index (χ4v) is 3.38. The van der Waals surface area contributed by atoms with Gasteiger partial charge in [0.25, 0.3) is 0 Å². The molecule has 4 nitrogen and oxygen atoms in total. The molecule has 1 fully saturated rings. The molecule has 4 heteroatoms. The van der Waals surface area contributed by atoms with Gasteiger partial charge in [-0.25, -0.2) is 0 Å². The zero-order valence-corrected chi connectivity index (χ0v) is 13.5. The first-order valence-corrected chi connectivity index (χ1v) is 8.06. The number of aryl methyl sites for hydroxylation is 1. The van der Waals surface area contributed by atoms with Crippen LogP contribution in [0.1, 0.15) is 17.7 Å². The monoisotopic (exact) mass is 299 g/mol. The summed E-state index contributed by atoms with van der Waals surface area (Å²) in [5.74, 6) is 0. The Morgan fingerprint density at radius 1 is 1.27 bits per heavy atom. The van der Waals surface area contributed by atoms with Gasteiger partial charge in [-0.3, -0.25) is 9.88 Å². The summed E-state index contributed by atoms with van der Waals surface area (Å²) in [6, 6.07) is 11.0. The molecule has 0 amide bonds. The molecule has 2 aromatic rings. The van der Waals surface area contributed by atoms with Crippen molar-refractivity contribution in [2.45, 2.75) is 25.9 Å². The predicted octanol–water partition coefficient (Wildman–Crippen LogP) is 2.04. The molecule has 0 aliphatic carbocycles. The largest absolute Gasteiger partial charge is 0.396 e. The van der Waals surface area contributed by atoms with Crippen molar-refractivity contribution in [1.29, 1.82) is 0 Å². The van der Waals surface area contributed by atoms with Crippen LogP contribution in [0.25, 0.3) is 10.9 Å². The van der Waals surface area contributed by atoms with E-state index in [1.165, 1.54) is 10.9 Å². The van der Waals surface area contributed by atoms with Gasteiger partial charge in [-0.2, -0.15) is 0 Å². The van der Waals surface area contributed by atoms with Crippen molar-refractivity contribution in [3.8, 4) is 0 Å².